The Labute approximate surface area is 146 Å². The number of carbonyl (C=O) groups excluding carboxylic acids is 1. The standard InChI is InChI=1S/C18H13F3N2OS/c19-18(20,21)14-8-15(11-4-2-1-3-5-11)23-17(13(14)9-22)25-10-16(24)12-6-7-12/h1-5,8,12H,6-7,10H2. The second-order valence-corrected chi connectivity index (χ2v) is 6.70. The van der Waals surface area contributed by atoms with E-state index in [1.807, 2.05) is 0 Å². The number of halogens is 3. The summed E-state index contributed by atoms with van der Waals surface area (Å²) in [5.41, 5.74) is -0.896. The van der Waals surface area contributed by atoms with Gasteiger partial charge in [0.2, 0.25) is 0 Å². The van der Waals surface area contributed by atoms with Gasteiger partial charge in [-0.3, -0.25) is 4.79 Å². The minimum atomic E-state index is -4.67. The van der Waals surface area contributed by atoms with Crippen LogP contribution in [0.1, 0.15) is 24.0 Å². The molecule has 1 aromatic heterocycles. The Bertz CT molecular complexity index is 840. The molecule has 0 unspecified atom stereocenters. The summed E-state index contributed by atoms with van der Waals surface area (Å²) in [7, 11) is 0. The van der Waals surface area contributed by atoms with E-state index >= 15 is 0 Å². The van der Waals surface area contributed by atoms with Gasteiger partial charge < -0.3 is 0 Å². The number of nitriles is 1. The molecule has 3 rings (SSSR count). The zero-order valence-corrected chi connectivity index (χ0v) is 13.8. The highest BCUT2D eigenvalue weighted by Crippen LogP contribution is 2.38. The smallest absolute Gasteiger partial charge is 0.298 e. The molecule has 0 spiro atoms. The number of thioether (sulfide) groups is 1. The highest BCUT2D eigenvalue weighted by molar-refractivity contribution is 8.00. The molecule has 1 aliphatic carbocycles. The van der Waals surface area contributed by atoms with Gasteiger partial charge in [-0.05, 0) is 18.9 Å². The quantitative estimate of drug-likeness (QED) is 0.723. The fourth-order valence-electron chi connectivity index (χ4n) is 2.38. The number of rotatable bonds is 5. The second kappa shape index (κ2) is 6.89. The average molecular weight is 362 g/mol. The Morgan fingerprint density at radius 3 is 2.52 bits per heavy atom. The molecule has 0 saturated heterocycles. The van der Waals surface area contributed by atoms with E-state index in [1.54, 1.807) is 36.4 Å². The minimum absolute atomic E-state index is 0.00522. The first-order valence-electron chi connectivity index (χ1n) is 7.63. The normalized spacial score (nSPS) is 14.2. The van der Waals surface area contributed by atoms with Gasteiger partial charge in [-0.25, -0.2) is 4.98 Å². The first-order chi connectivity index (χ1) is 11.9. The number of benzene rings is 1. The summed E-state index contributed by atoms with van der Waals surface area (Å²) in [5.74, 6) is 0.0359. The summed E-state index contributed by atoms with van der Waals surface area (Å²) in [5, 5.41) is 9.17. The number of alkyl halides is 3. The van der Waals surface area contributed by atoms with Gasteiger partial charge >= 0.3 is 6.18 Å². The number of hydrogen-bond acceptors (Lipinski definition) is 4. The first kappa shape index (κ1) is 17.5. The highest BCUT2D eigenvalue weighted by atomic mass is 32.2. The van der Waals surface area contributed by atoms with E-state index in [0.29, 0.717) is 5.56 Å². The summed E-state index contributed by atoms with van der Waals surface area (Å²) in [4.78, 5) is 16.1. The number of aromatic nitrogens is 1. The Morgan fingerprint density at radius 2 is 1.96 bits per heavy atom. The fourth-order valence-corrected chi connectivity index (χ4v) is 3.35. The molecule has 0 atom stereocenters. The predicted molar refractivity (Wildman–Crippen MR) is 87.8 cm³/mol. The molecule has 0 bridgehead atoms. The molecule has 0 radical (unpaired) electrons. The maximum atomic E-state index is 13.4. The molecule has 0 amide bonds. The zero-order valence-electron chi connectivity index (χ0n) is 13.0. The Hall–Kier alpha value is -2.33. The molecule has 2 aromatic rings. The third kappa shape index (κ3) is 4.02. The molecule has 1 saturated carbocycles. The molecule has 7 heteroatoms. The van der Waals surface area contributed by atoms with E-state index in [2.05, 4.69) is 4.98 Å². The fraction of sp³-hybridized carbons (Fsp3) is 0.278. The number of nitrogens with zero attached hydrogens (tertiary/aromatic N) is 2. The third-order valence-corrected chi connectivity index (χ3v) is 4.85. The van der Waals surface area contributed by atoms with Crippen molar-refractivity contribution in [3.8, 4) is 17.3 Å². The van der Waals surface area contributed by atoms with Crippen molar-refractivity contribution in [3.05, 3.63) is 47.5 Å². The van der Waals surface area contributed by atoms with Gasteiger partial charge in [0.1, 0.15) is 16.9 Å². The van der Waals surface area contributed by atoms with E-state index in [1.165, 1.54) is 0 Å². The first-order valence-corrected chi connectivity index (χ1v) is 8.62. The largest absolute Gasteiger partial charge is 0.417 e. The maximum Gasteiger partial charge on any atom is 0.417 e. The SMILES string of the molecule is N#Cc1c(C(F)(F)F)cc(-c2ccccc2)nc1SCC(=O)C1CC1. The van der Waals surface area contributed by atoms with E-state index in [4.69, 9.17) is 0 Å². The molecule has 25 heavy (non-hydrogen) atoms. The van der Waals surface area contributed by atoms with Crippen LogP contribution in [0.15, 0.2) is 41.4 Å². The van der Waals surface area contributed by atoms with Crippen LogP contribution in [-0.2, 0) is 11.0 Å². The van der Waals surface area contributed by atoms with E-state index < -0.39 is 17.3 Å². The van der Waals surface area contributed by atoms with Gasteiger partial charge in [0.25, 0.3) is 0 Å². The van der Waals surface area contributed by atoms with Gasteiger partial charge in [0, 0.05) is 11.5 Å². The maximum absolute atomic E-state index is 13.4. The Balaban J connectivity index is 2.04. The van der Waals surface area contributed by atoms with Crippen molar-refractivity contribution in [1.29, 1.82) is 5.26 Å². The second-order valence-electron chi connectivity index (χ2n) is 5.74. The topological polar surface area (TPSA) is 53.8 Å². The Kier molecular flexibility index (Phi) is 4.82. The van der Waals surface area contributed by atoms with Crippen LogP contribution in [0.3, 0.4) is 0 Å². The van der Waals surface area contributed by atoms with Crippen molar-refractivity contribution in [1.82, 2.24) is 4.98 Å². The molecular weight excluding hydrogens is 349 g/mol. The van der Waals surface area contributed by atoms with Crippen LogP contribution in [0.25, 0.3) is 11.3 Å². The lowest BCUT2D eigenvalue weighted by atomic mass is 10.1. The molecule has 1 aromatic carbocycles. The summed E-state index contributed by atoms with van der Waals surface area (Å²) in [6.07, 6.45) is -3.01. The van der Waals surface area contributed by atoms with Crippen molar-refractivity contribution >= 4 is 17.5 Å². The van der Waals surface area contributed by atoms with Crippen molar-refractivity contribution in [2.24, 2.45) is 5.92 Å². The summed E-state index contributed by atoms with van der Waals surface area (Å²) in [6, 6.07) is 10.9. The van der Waals surface area contributed by atoms with Crippen molar-refractivity contribution < 1.29 is 18.0 Å². The lowest BCUT2D eigenvalue weighted by Gasteiger charge is -2.14. The average Bonchev–Trinajstić information content (AvgIpc) is 3.44. The summed E-state index contributed by atoms with van der Waals surface area (Å²) >= 11 is 0.904. The molecule has 128 valence electrons. The zero-order chi connectivity index (χ0) is 18.0. The van der Waals surface area contributed by atoms with Crippen LogP contribution in [0.2, 0.25) is 0 Å². The van der Waals surface area contributed by atoms with E-state index in [-0.39, 0.29) is 28.2 Å². The number of pyridine rings is 1. The molecular formula is C18H13F3N2OS. The molecule has 0 N–H and O–H groups in total. The van der Waals surface area contributed by atoms with Gasteiger partial charge in [0.05, 0.1) is 22.6 Å². The van der Waals surface area contributed by atoms with Crippen LogP contribution < -0.4 is 0 Å². The van der Waals surface area contributed by atoms with Crippen LogP contribution in [0.4, 0.5) is 13.2 Å². The van der Waals surface area contributed by atoms with Gasteiger partial charge in [-0.15, -0.1) is 0 Å². The molecule has 1 heterocycles. The van der Waals surface area contributed by atoms with Gasteiger partial charge in [0.15, 0.2) is 0 Å². The lowest BCUT2D eigenvalue weighted by molar-refractivity contribution is -0.138. The molecule has 1 fully saturated rings. The van der Waals surface area contributed by atoms with Gasteiger partial charge in [-0.2, -0.15) is 18.4 Å². The number of Topliss-reactive ketones (excluding diaryl/α,β-unsaturated/α-hetero) is 1. The van der Waals surface area contributed by atoms with Crippen molar-refractivity contribution in [2.45, 2.75) is 24.0 Å². The Morgan fingerprint density at radius 1 is 1.28 bits per heavy atom. The number of hydrogen-bond donors (Lipinski definition) is 0. The van der Waals surface area contributed by atoms with Crippen LogP contribution in [0.5, 0.6) is 0 Å². The predicted octanol–water partition coefficient (Wildman–Crippen LogP) is 4.71. The van der Waals surface area contributed by atoms with Crippen LogP contribution in [-0.4, -0.2) is 16.5 Å². The molecule has 0 aliphatic heterocycles. The number of ketones is 1. The summed E-state index contributed by atoms with van der Waals surface area (Å²) in [6.45, 7) is 0. The summed E-state index contributed by atoms with van der Waals surface area (Å²) < 4.78 is 40.2. The van der Waals surface area contributed by atoms with E-state index in [9.17, 15) is 23.2 Å². The van der Waals surface area contributed by atoms with Crippen molar-refractivity contribution in [2.75, 3.05) is 5.75 Å². The highest BCUT2D eigenvalue weighted by Gasteiger charge is 2.36. The number of carbonyl (C=O) groups is 1. The van der Waals surface area contributed by atoms with Crippen molar-refractivity contribution in [3.63, 3.8) is 0 Å². The molecule has 3 nitrogen and oxygen atoms in total. The lowest BCUT2D eigenvalue weighted by Crippen LogP contribution is -2.11. The van der Waals surface area contributed by atoms with Crippen LogP contribution in [0, 0.1) is 17.2 Å². The van der Waals surface area contributed by atoms with Gasteiger partial charge in [-0.1, -0.05) is 42.1 Å². The third-order valence-electron chi connectivity index (χ3n) is 3.86. The van der Waals surface area contributed by atoms with E-state index in [0.717, 1.165) is 30.7 Å². The molecule has 1 aliphatic rings. The van der Waals surface area contributed by atoms with Crippen LogP contribution >= 0.6 is 11.8 Å². The monoisotopic (exact) mass is 362 g/mol. The minimum Gasteiger partial charge on any atom is -0.298 e.